The van der Waals surface area contributed by atoms with E-state index in [1.165, 1.54) is 12.1 Å². The number of rotatable bonds is 5. The molecule has 0 saturated heterocycles. The topological polar surface area (TPSA) is 97.6 Å². The van der Waals surface area contributed by atoms with E-state index in [2.05, 4.69) is 10.6 Å². The van der Waals surface area contributed by atoms with E-state index in [1.807, 2.05) is 30.3 Å². The number of ether oxygens (including phenoxy) is 1. The molecule has 144 valence electrons. The minimum atomic E-state index is -0.646. The number of imide groups is 1. The molecule has 0 saturated carbocycles. The molecule has 3 aromatic rings. The minimum absolute atomic E-state index is 0.169. The molecule has 2 aromatic carbocycles. The van der Waals surface area contributed by atoms with Crippen LogP contribution in [0.1, 0.15) is 11.1 Å². The van der Waals surface area contributed by atoms with Gasteiger partial charge in [-0.05, 0) is 24.1 Å². The average molecular weight is 401 g/mol. The van der Waals surface area contributed by atoms with Gasteiger partial charge in [0, 0.05) is 24.1 Å². The zero-order valence-electron chi connectivity index (χ0n) is 15.0. The molecule has 0 aliphatic carbocycles. The number of halogens is 1. The summed E-state index contributed by atoms with van der Waals surface area (Å²) in [6.07, 6.45) is 0. The SMILES string of the molecule is Cc1cc(=O)oc2cc(OCC(=O)NC(=O)NCc3ccccc3)c(Cl)cc12. The molecule has 0 spiro atoms. The molecule has 28 heavy (non-hydrogen) atoms. The maximum atomic E-state index is 11.9. The summed E-state index contributed by atoms with van der Waals surface area (Å²) in [7, 11) is 0. The Balaban J connectivity index is 1.57. The van der Waals surface area contributed by atoms with Crippen molar-refractivity contribution < 1.29 is 18.7 Å². The maximum absolute atomic E-state index is 11.9. The number of fused-ring (bicyclic) bond motifs is 1. The third-order valence-electron chi connectivity index (χ3n) is 3.91. The molecule has 0 aliphatic rings. The van der Waals surface area contributed by atoms with Crippen LogP contribution in [0.5, 0.6) is 5.75 Å². The molecule has 3 amide bonds. The molecule has 7 nitrogen and oxygen atoms in total. The summed E-state index contributed by atoms with van der Waals surface area (Å²) < 4.78 is 10.5. The van der Waals surface area contributed by atoms with Crippen molar-refractivity contribution in [2.24, 2.45) is 0 Å². The van der Waals surface area contributed by atoms with Crippen molar-refractivity contribution in [2.75, 3.05) is 6.61 Å². The summed E-state index contributed by atoms with van der Waals surface area (Å²) in [5.74, 6) is -0.477. The van der Waals surface area contributed by atoms with Gasteiger partial charge in [-0.15, -0.1) is 0 Å². The van der Waals surface area contributed by atoms with E-state index in [1.54, 1.807) is 13.0 Å². The van der Waals surface area contributed by atoms with Gasteiger partial charge in [0.2, 0.25) is 0 Å². The summed E-state index contributed by atoms with van der Waals surface area (Å²) >= 11 is 6.17. The lowest BCUT2D eigenvalue weighted by Crippen LogP contribution is -2.41. The highest BCUT2D eigenvalue weighted by Crippen LogP contribution is 2.30. The highest BCUT2D eigenvalue weighted by molar-refractivity contribution is 6.32. The second-order valence-corrected chi connectivity index (χ2v) is 6.44. The Kier molecular flexibility index (Phi) is 5.96. The van der Waals surface area contributed by atoms with Crippen molar-refractivity contribution in [3.8, 4) is 5.75 Å². The molecule has 0 unspecified atom stereocenters. The number of carbonyl (C=O) groups is 2. The first-order valence-corrected chi connectivity index (χ1v) is 8.78. The number of hydrogen-bond acceptors (Lipinski definition) is 5. The van der Waals surface area contributed by atoms with Crippen molar-refractivity contribution in [3.63, 3.8) is 0 Å². The predicted octanol–water partition coefficient (Wildman–Crippen LogP) is 3.16. The first-order valence-electron chi connectivity index (χ1n) is 8.41. The molecule has 3 rings (SSSR count). The van der Waals surface area contributed by atoms with E-state index in [-0.39, 0.29) is 17.3 Å². The second-order valence-electron chi connectivity index (χ2n) is 6.03. The molecule has 8 heteroatoms. The highest BCUT2D eigenvalue weighted by atomic mass is 35.5. The molecule has 0 bridgehead atoms. The van der Waals surface area contributed by atoms with Crippen molar-refractivity contribution in [1.82, 2.24) is 10.6 Å². The van der Waals surface area contributed by atoms with Crippen molar-refractivity contribution in [2.45, 2.75) is 13.5 Å². The number of carbonyl (C=O) groups excluding carboxylic acids is 2. The van der Waals surface area contributed by atoms with Gasteiger partial charge >= 0.3 is 11.7 Å². The van der Waals surface area contributed by atoms with Crippen LogP contribution in [-0.4, -0.2) is 18.5 Å². The third-order valence-corrected chi connectivity index (χ3v) is 4.21. The summed E-state index contributed by atoms with van der Waals surface area (Å²) in [6, 6.07) is 13.0. The fraction of sp³-hybridized carbons (Fsp3) is 0.150. The smallest absolute Gasteiger partial charge is 0.336 e. The Morgan fingerprint density at radius 1 is 1.14 bits per heavy atom. The third kappa shape index (κ3) is 4.89. The molecule has 0 radical (unpaired) electrons. The second kappa shape index (κ2) is 8.58. The fourth-order valence-corrected chi connectivity index (χ4v) is 2.78. The average Bonchev–Trinajstić information content (AvgIpc) is 2.66. The molecule has 1 aromatic heterocycles. The Morgan fingerprint density at radius 3 is 2.64 bits per heavy atom. The van der Waals surface area contributed by atoms with Crippen molar-refractivity contribution in [3.05, 3.63) is 75.1 Å². The van der Waals surface area contributed by atoms with E-state index in [9.17, 15) is 14.4 Å². The number of nitrogens with one attached hydrogen (secondary N) is 2. The molecule has 0 aliphatic heterocycles. The van der Waals surface area contributed by atoms with E-state index in [4.69, 9.17) is 20.8 Å². The van der Waals surface area contributed by atoms with Crippen molar-refractivity contribution >= 4 is 34.5 Å². The van der Waals surface area contributed by atoms with Gasteiger partial charge < -0.3 is 14.5 Å². The number of aryl methyl sites for hydroxylation is 1. The molecule has 2 N–H and O–H groups in total. The van der Waals surface area contributed by atoms with Gasteiger partial charge in [-0.25, -0.2) is 9.59 Å². The number of hydrogen-bond donors (Lipinski definition) is 2. The zero-order valence-corrected chi connectivity index (χ0v) is 15.7. The molecule has 0 fully saturated rings. The first kappa shape index (κ1) is 19.4. The monoisotopic (exact) mass is 400 g/mol. The zero-order chi connectivity index (χ0) is 20.1. The Hall–Kier alpha value is -3.32. The van der Waals surface area contributed by atoms with E-state index in [0.717, 1.165) is 5.56 Å². The van der Waals surface area contributed by atoms with Crippen LogP contribution in [0.3, 0.4) is 0 Å². The van der Waals surface area contributed by atoms with Crippen LogP contribution in [0.2, 0.25) is 5.02 Å². The number of amides is 3. The van der Waals surface area contributed by atoms with Crippen LogP contribution in [0, 0.1) is 6.92 Å². The van der Waals surface area contributed by atoms with Crippen LogP contribution in [-0.2, 0) is 11.3 Å². The predicted molar refractivity (Wildman–Crippen MR) is 105 cm³/mol. The van der Waals surface area contributed by atoms with Gasteiger partial charge in [0.15, 0.2) is 6.61 Å². The van der Waals surface area contributed by atoms with Gasteiger partial charge in [-0.3, -0.25) is 10.1 Å². The van der Waals surface area contributed by atoms with E-state index >= 15 is 0 Å². The lowest BCUT2D eigenvalue weighted by molar-refractivity contribution is -0.122. The summed E-state index contributed by atoms with van der Waals surface area (Å²) in [4.78, 5) is 35.2. The summed E-state index contributed by atoms with van der Waals surface area (Å²) in [6.45, 7) is 1.62. The quantitative estimate of drug-likeness (QED) is 0.641. The number of urea groups is 1. The van der Waals surface area contributed by atoms with E-state index < -0.39 is 24.2 Å². The Bertz CT molecular complexity index is 1080. The lowest BCUT2D eigenvalue weighted by atomic mass is 10.1. The largest absolute Gasteiger partial charge is 0.482 e. The highest BCUT2D eigenvalue weighted by Gasteiger charge is 2.12. The van der Waals surface area contributed by atoms with Gasteiger partial charge in [0.05, 0.1) is 5.02 Å². The van der Waals surface area contributed by atoms with E-state index in [0.29, 0.717) is 16.5 Å². The summed E-state index contributed by atoms with van der Waals surface area (Å²) in [5.41, 5.74) is 1.42. The lowest BCUT2D eigenvalue weighted by Gasteiger charge is -2.10. The molecule has 0 atom stereocenters. The van der Waals surface area contributed by atoms with Crippen LogP contribution in [0.4, 0.5) is 4.79 Å². The van der Waals surface area contributed by atoms with Gasteiger partial charge in [0.25, 0.3) is 5.91 Å². The van der Waals surface area contributed by atoms with Crippen LogP contribution in [0.15, 0.2) is 57.7 Å². The van der Waals surface area contributed by atoms with Crippen molar-refractivity contribution in [1.29, 1.82) is 0 Å². The summed E-state index contributed by atoms with van der Waals surface area (Å²) in [5, 5.41) is 5.66. The normalized spacial score (nSPS) is 10.5. The van der Waals surface area contributed by atoms with Crippen LogP contribution in [0.25, 0.3) is 11.0 Å². The maximum Gasteiger partial charge on any atom is 0.336 e. The van der Waals surface area contributed by atoms with Gasteiger partial charge in [0.1, 0.15) is 11.3 Å². The minimum Gasteiger partial charge on any atom is -0.482 e. The molecular weight excluding hydrogens is 384 g/mol. The Morgan fingerprint density at radius 2 is 1.89 bits per heavy atom. The standard InChI is InChI=1S/C20H17ClN2O5/c1-12-7-19(25)28-16-9-17(15(21)8-14(12)16)27-11-18(24)23-20(26)22-10-13-5-3-2-4-6-13/h2-9H,10-11H2,1H3,(H2,22,23,24,26). The Labute approximate surface area is 165 Å². The number of benzene rings is 2. The molecule has 1 heterocycles. The van der Waals surface area contributed by atoms with Crippen LogP contribution >= 0.6 is 11.6 Å². The van der Waals surface area contributed by atoms with Crippen LogP contribution < -0.4 is 21.0 Å². The fourth-order valence-electron chi connectivity index (χ4n) is 2.56. The van der Waals surface area contributed by atoms with Gasteiger partial charge in [-0.2, -0.15) is 0 Å². The first-order chi connectivity index (χ1) is 13.4. The van der Waals surface area contributed by atoms with Gasteiger partial charge in [-0.1, -0.05) is 41.9 Å². The molecular formula is C20H17ClN2O5.